The molecule has 0 N–H and O–H groups in total. The lowest BCUT2D eigenvalue weighted by Gasteiger charge is -2.33. The summed E-state index contributed by atoms with van der Waals surface area (Å²) in [4.78, 5) is 2.29. The number of hydrogen-bond donors (Lipinski definition) is 0. The Balaban J connectivity index is 0.00000306. The minimum Gasteiger partial charge on any atom is -0.461 e. The third-order valence-electron chi connectivity index (χ3n) is 5.51. The van der Waals surface area contributed by atoms with Crippen molar-refractivity contribution in [1.82, 2.24) is 19.7 Å². The normalized spacial score (nSPS) is 17.2. The predicted molar refractivity (Wildman–Crippen MR) is 123 cm³/mol. The minimum absolute atomic E-state index is 0. The smallest absolute Gasteiger partial charge is 0.416 e. The number of halogens is 4. The Labute approximate surface area is 200 Å². The van der Waals surface area contributed by atoms with Crippen LogP contribution in [0.5, 0.6) is 0 Å². The molecule has 4 rings (SSSR count). The van der Waals surface area contributed by atoms with Crippen molar-refractivity contribution in [2.24, 2.45) is 7.05 Å². The molecule has 1 fully saturated rings. The standard InChI is InChI=1S/C22H25F3N4O2S.ClH/c1-15-8-11-31-19(15)20-26-27-21(28(20)2)32-13-3-9-29-10-12-30-18(14-29)16-4-6-17(7-5-16)22(23,24)25;/h4-8,11,18H,3,9-10,12-14H2,1-2H3;1H/t18-;/m0./s1. The van der Waals surface area contributed by atoms with E-state index in [4.69, 9.17) is 9.15 Å². The number of ether oxygens (including phenoxy) is 1. The van der Waals surface area contributed by atoms with Crippen LogP contribution in [0, 0.1) is 6.92 Å². The van der Waals surface area contributed by atoms with E-state index in [1.165, 1.54) is 12.1 Å². The van der Waals surface area contributed by atoms with Gasteiger partial charge in [-0.3, -0.25) is 4.90 Å². The number of aryl methyl sites for hydroxylation is 1. The summed E-state index contributed by atoms with van der Waals surface area (Å²) in [6, 6.07) is 7.16. The van der Waals surface area contributed by atoms with Gasteiger partial charge in [0, 0.05) is 25.9 Å². The van der Waals surface area contributed by atoms with Crippen LogP contribution in [-0.2, 0) is 18.0 Å². The second kappa shape index (κ2) is 10.9. The minimum atomic E-state index is -4.32. The summed E-state index contributed by atoms with van der Waals surface area (Å²) in [6.07, 6.45) is -1.94. The number of hydrogen-bond acceptors (Lipinski definition) is 6. The lowest BCUT2D eigenvalue weighted by Crippen LogP contribution is -2.39. The Kier molecular flexibility index (Phi) is 8.49. The fraction of sp³-hybridized carbons (Fsp3) is 0.455. The topological polar surface area (TPSA) is 56.3 Å². The van der Waals surface area contributed by atoms with Crippen molar-refractivity contribution in [3.05, 3.63) is 53.3 Å². The monoisotopic (exact) mass is 502 g/mol. The molecule has 1 aliphatic rings. The first-order chi connectivity index (χ1) is 15.3. The maximum atomic E-state index is 12.8. The molecule has 1 aliphatic heterocycles. The Hall–Kier alpha value is -2.01. The van der Waals surface area contributed by atoms with Gasteiger partial charge in [-0.2, -0.15) is 13.2 Å². The quantitative estimate of drug-likeness (QED) is 0.319. The lowest BCUT2D eigenvalue weighted by molar-refractivity contribution is -0.137. The molecule has 1 aromatic carbocycles. The summed E-state index contributed by atoms with van der Waals surface area (Å²) in [5.74, 6) is 2.32. The molecule has 1 saturated heterocycles. The van der Waals surface area contributed by atoms with Crippen LogP contribution in [0.1, 0.15) is 29.2 Å². The molecule has 1 atom stereocenters. The molecule has 3 heterocycles. The molecule has 11 heteroatoms. The van der Waals surface area contributed by atoms with Crippen LogP contribution in [0.2, 0.25) is 0 Å². The third kappa shape index (κ3) is 6.11. The number of thioether (sulfide) groups is 1. The fourth-order valence-corrected chi connectivity index (χ4v) is 4.52. The zero-order chi connectivity index (χ0) is 22.7. The van der Waals surface area contributed by atoms with Crippen molar-refractivity contribution >= 4 is 24.2 Å². The Bertz CT molecular complexity index is 1040. The lowest BCUT2D eigenvalue weighted by atomic mass is 10.1. The van der Waals surface area contributed by atoms with Crippen LogP contribution in [0.4, 0.5) is 13.2 Å². The highest BCUT2D eigenvalue weighted by Gasteiger charge is 2.30. The van der Waals surface area contributed by atoms with E-state index >= 15 is 0 Å². The predicted octanol–water partition coefficient (Wildman–Crippen LogP) is 5.38. The van der Waals surface area contributed by atoms with Gasteiger partial charge in [0.15, 0.2) is 16.7 Å². The molecule has 3 aromatic rings. The van der Waals surface area contributed by atoms with Gasteiger partial charge in [-0.15, -0.1) is 22.6 Å². The van der Waals surface area contributed by atoms with E-state index in [1.807, 2.05) is 24.6 Å². The van der Waals surface area contributed by atoms with Crippen LogP contribution >= 0.6 is 24.2 Å². The number of furan rings is 1. The Morgan fingerprint density at radius 2 is 1.91 bits per heavy atom. The van der Waals surface area contributed by atoms with Gasteiger partial charge < -0.3 is 13.7 Å². The highest BCUT2D eigenvalue weighted by atomic mass is 35.5. The number of morpholine rings is 1. The average molecular weight is 503 g/mol. The number of benzene rings is 1. The summed E-state index contributed by atoms with van der Waals surface area (Å²) < 4.78 is 51.6. The molecule has 0 amide bonds. The van der Waals surface area contributed by atoms with Gasteiger partial charge in [0.05, 0.1) is 24.5 Å². The van der Waals surface area contributed by atoms with Crippen LogP contribution in [0.15, 0.2) is 46.2 Å². The van der Waals surface area contributed by atoms with E-state index in [0.717, 1.165) is 59.4 Å². The summed E-state index contributed by atoms with van der Waals surface area (Å²) >= 11 is 1.64. The van der Waals surface area contributed by atoms with E-state index in [-0.39, 0.29) is 18.5 Å². The summed E-state index contributed by atoms with van der Waals surface area (Å²) in [6.45, 7) is 4.90. The van der Waals surface area contributed by atoms with Crippen molar-refractivity contribution in [2.75, 3.05) is 32.0 Å². The van der Waals surface area contributed by atoms with Gasteiger partial charge in [0.1, 0.15) is 0 Å². The van der Waals surface area contributed by atoms with Crippen molar-refractivity contribution in [2.45, 2.75) is 30.8 Å². The van der Waals surface area contributed by atoms with Crippen LogP contribution < -0.4 is 0 Å². The number of alkyl halides is 3. The number of aromatic nitrogens is 3. The van der Waals surface area contributed by atoms with Crippen molar-refractivity contribution in [1.29, 1.82) is 0 Å². The molecular weight excluding hydrogens is 477 g/mol. The number of rotatable bonds is 7. The zero-order valence-corrected chi connectivity index (χ0v) is 20.0. The highest BCUT2D eigenvalue weighted by Crippen LogP contribution is 2.31. The Morgan fingerprint density at radius 1 is 1.15 bits per heavy atom. The van der Waals surface area contributed by atoms with E-state index in [1.54, 1.807) is 18.0 Å². The number of nitrogens with zero attached hydrogens (tertiary/aromatic N) is 4. The zero-order valence-electron chi connectivity index (χ0n) is 18.3. The first-order valence-corrected chi connectivity index (χ1v) is 11.4. The first-order valence-electron chi connectivity index (χ1n) is 10.4. The second-order valence-electron chi connectivity index (χ2n) is 7.78. The van der Waals surface area contributed by atoms with Crippen molar-refractivity contribution < 1.29 is 22.3 Å². The molecule has 0 bridgehead atoms. The second-order valence-corrected chi connectivity index (χ2v) is 8.84. The summed E-state index contributed by atoms with van der Waals surface area (Å²) in [5, 5.41) is 9.36. The molecule has 2 aromatic heterocycles. The van der Waals surface area contributed by atoms with Gasteiger partial charge in [-0.05, 0) is 49.2 Å². The van der Waals surface area contributed by atoms with E-state index in [0.29, 0.717) is 19.0 Å². The van der Waals surface area contributed by atoms with Crippen molar-refractivity contribution in [3.8, 4) is 11.6 Å². The van der Waals surface area contributed by atoms with Gasteiger partial charge in [0.25, 0.3) is 0 Å². The fourth-order valence-electron chi connectivity index (χ4n) is 3.69. The van der Waals surface area contributed by atoms with E-state index in [9.17, 15) is 13.2 Å². The van der Waals surface area contributed by atoms with Crippen LogP contribution in [-0.4, -0.2) is 51.7 Å². The SMILES string of the molecule is Cc1ccoc1-c1nnc(SCCCN2CCO[C@H](c3ccc(C(F)(F)F)cc3)C2)n1C.Cl. The van der Waals surface area contributed by atoms with Crippen molar-refractivity contribution in [3.63, 3.8) is 0 Å². The molecule has 0 spiro atoms. The summed E-state index contributed by atoms with van der Waals surface area (Å²) in [5.41, 5.74) is 1.16. The van der Waals surface area contributed by atoms with Crippen LogP contribution in [0.25, 0.3) is 11.6 Å². The molecule has 0 saturated carbocycles. The first kappa shape index (κ1) is 25.6. The van der Waals surface area contributed by atoms with E-state index in [2.05, 4.69) is 15.1 Å². The molecule has 33 heavy (non-hydrogen) atoms. The Morgan fingerprint density at radius 3 is 2.58 bits per heavy atom. The molecular formula is C22H26ClF3N4O2S. The summed E-state index contributed by atoms with van der Waals surface area (Å²) in [7, 11) is 1.93. The average Bonchev–Trinajstić information content (AvgIpc) is 3.36. The molecule has 0 aliphatic carbocycles. The van der Waals surface area contributed by atoms with E-state index < -0.39 is 11.7 Å². The molecule has 0 unspecified atom stereocenters. The largest absolute Gasteiger partial charge is 0.461 e. The molecule has 6 nitrogen and oxygen atoms in total. The van der Waals surface area contributed by atoms with Gasteiger partial charge in [-0.25, -0.2) is 0 Å². The maximum absolute atomic E-state index is 12.8. The van der Waals surface area contributed by atoms with Gasteiger partial charge in [0.2, 0.25) is 0 Å². The molecule has 180 valence electrons. The molecule has 0 radical (unpaired) electrons. The highest BCUT2D eigenvalue weighted by molar-refractivity contribution is 7.99. The van der Waals surface area contributed by atoms with Crippen LogP contribution in [0.3, 0.4) is 0 Å². The third-order valence-corrected chi connectivity index (χ3v) is 6.62. The van der Waals surface area contributed by atoms with Gasteiger partial charge >= 0.3 is 6.18 Å². The van der Waals surface area contributed by atoms with Gasteiger partial charge in [-0.1, -0.05) is 23.9 Å². The maximum Gasteiger partial charge on any atom is 0.416 e.